The molecule has 4 saturated carbocycles. The van der Waals surface area contributed by atoms with Gasteiger partial charge in [-0.15, -0.1) is 11.3 Å². The first-order chi connectivity index (χ1) is 13.4. The first-order valence-electron chi connectivity index (χ1n) is 10.5. The summed E-state index contributed by atoms with van der Waals surface area (Å²) in [5.41, 5.74) is 0.238. The minimum Gasteiger partial charge on any atom is -0.456 e. The van der Waals surface area contributed by atoms with Crippen LogP contribution in [0.4, 0.5) is 0 Å². The van der Waals surface area contributed by atoms with E-state index in [0.29, 0.717) is 4.88 Å². The fourth-order valence-corrected chi connectivity index (χ4v) is 6.83. The van der Waals surface area contributed by atoms with Crippen molar-refractivity contribution in [3.63, 3.8) is 0 Å². The molecule has 4 aliphatic rings. The molecule has 4 aliphatic carbocycles. The van der Waals surface area contributed by atoms with Crippen LogP contribution < -0.4 is 5.32 Å². The minimum absolute atomic E-state index is 0.00848. The van der Waals surface area contributed by atoms with E-state index in [-0.39, 0.29) is 42.6 Å². The van der Waals surface area contributed by atoms with E-state index in [1.54, 1.807) is 6.07 Å². The monoisotopic (exact) mass is 403 g/mol. The maximum Gasteiger partial charge on any atom is 0.306 e. The van der Waals surface area contributed by atoms with Crippen LogP contribution in [0.3, 0.4) is 0 Å². The fourth-order valence-electron chi connectivity index (χ4n) is 6.14. The lowest BCUT2D eigenvalue weighted by molar-refractivity contribution is -0.149. The molecular weight excluding hydrogens is 374 g/mol. The minimum atomic E-state index is -0.498. The van der Waals surface area contributed by atoms with Gasteiger partial charge >= 0.3 is 5.97 Å². The molecule has 1 amide bonds. The van der Waals surface area contributed by atoms with Gasteiger partial charge in [0.1, 0.15) is 0 Å². The number of carbonyl (C=O) groups excluding carboxylic acids is 3. The second-order valence-corrected chi connectivity index (χ2v) is 10.1. The number of thiophene rings is 1. The highest BCUT2D eigenvalue weighted by Crippen LogP contribution is 2.61. The predicted octanol–water partition coefficient (Wildman–Crippen LogP) is 3.98. The van der Waals surface area contributed by atoms with Crippen molar-refractivity contribution in [1.29, 1.82) is 0 Å². The van der Waals surface area contributed by atoms with Crippen LogP contribution in [0.15, 0.2) is 17.5 Å². The SMILES string of the molecule is C[C@H](NC(=O)COC(=O)CCC(=O)c1cccs1)C12CC3CC(CC(C3)C1)C2. The number of ketones is 1. The first kappa shape index (κ1) is 19.6. The van der Waals surface area contributed by atoms with Crippen LogP contribution in [0.25, 0.3) is 0 Å². The Kier molecular flexibility index (Phi) is 5.59. The Balaban J connectivity index is 1.20. The Morgan fingerprint density at radius 2 is 1.79 bits per heavy atom. The number of carbonyl (C=O) groups is 3. The maximum absolute atomic E-state index is 12.3. The molecular formula is C22H29NO4S. The predicted molar refractivity (Wildman–Crippen MR) is 107 cm³/mol. The van der Waals surface area contributed by atoms with Crippen molar-refractivity contribution in [3.8, 4) is 0 Å². The summed E-state index contributed by atoms with van der Waals surface area (Å²) in [6.07, 6.45) is 7.94. The topological polar surface area (TPSA) is 72.5 Å². The summed E-state index contributed by atoms with van der Waals surface area (Å²) in [6, 6.07) is 3.68. The van der Waals surface area contributed by atoms with Gasteiger partial charge in [0.2, 0.25) is 0 Å². The standard InChI is InChI=1S/C22H29NO4S/c1-14(22-10-15-7-16(11-22)9-17(8-15)12-22)23-20(25)13-27-21(26)5-4-18(24)19-3-2-6-28-19/h2-3,6,14-17H,4-5,7-13H2,1H3,(H,23,25)/t14-,15?,16?,17?,22?/m0/s1. The third-order valence-corrected chi connectivity index (χ3v) is 8.01. The van der Waals surface area contributed by atoms with Crippen molar-refractivity contribution in [2.45, 2.75) is 64.3 Å². The number of esters is 1. The molecule has 1 atom stereocenters. The lowest BCUT2D eigenvalue weighted by atomic mass is 9.48. The molecule has 6 heteroatoms. The average molecular weight is 404 g/mol. The van der Waals surface area contributed by atoms with Gasteiger partial charge in [-0.2, -0.15) is 0 Å². The molecule has 5 nitrogen and oxygen atoms in total. The van der Waals surface area contributed by atoms with Crippen molar-refractivity contribution in [3.05, 3.63) is 22.4 Å². The molecule has 1 heterocycles. The van der Waals surface area contributed by atoms with Gasteiger partial charge in [0.05, 0.1) is 11.3 Å². The summed E-state index contributed by atoms with van der Waals surface area (Å²) in [5.74, 6) is 1.72. The van der Waals surface area contributed by atoms with Crippen molar-refractivity contribution >= 4 is 29.0 Å². The number of amides is 1. The van der Waals surface area contributed by atoms with Gasteiger partial charge in [-0.1, -0.05) is 6.07 Å². The number of nitrogens with one attached hydrogen (secondary N) is 1. The van der Waals surface area contributed by atoms with Crippen LogP contribution >= 0.6 is 11.3 Å². The Hall–Kier alpha value is -1.69. The molecule has 5 rings (SSSR count). The normalized spacial score (nSPS) is 31.4. The fraction of sp³-hybridized carbons (Fsp3) is 0.682. The molecule has 0 unspecified atom stereocenters. The van der Waals surface area contributed by atoms with Gasteiger partial charge in [0, 0.05) is 12.5 Å². The Morgan fingerprint density at radius 1 is 1.14 bits per heavy atom. The van der Waals surface area contributed by atoms with Crippen LogP contribution in [-0.2, 0) is 14.3 Å². The average Bonchev–Trinajstić information content (AvgIpc) is 3.18. The number of Topliss-reactive ketones (excluding diaryl/α,β-unsaturated/α-hetero) is 1. The molecule has 4 fully saturated rings. The van der Waals surface area contributed by atoms with Crippen molar-refractivity contribution in [2.75, 3.05) is 6.61 Å². The molecule has 0 radical (unpaired) electrons. The van der Waals surface area contributed by atoms with E-state index >= 15 is 0 Å². The smallest absolute Gasteiger partial charge is 0.306 e. The van der Waals surface area contributed by atoms with Crippen LogP contribution in [0.1, 0.15) is 68.0 Å². The van der Waals surface area contributed by atoms with Gasteiger partial charge in [0.15, 0.2) is 12.4 Å². The number of ether oxygens (including phenoxy) is 1. The Bertz CT molecular complexity index is 706. The van der Waals surface area contributed by atoms with Crippen LogP contribution in [0.5, 0.6) is 0 Å². The van der Waals surface area contributed by atoms with Crippen molar-refractivity contribution in [2.24, 2.45) is 23.2 Å². The number of hydrogen-bond acceptors (Lipinski definition) is 5. The van der Waals surface area contributed by atoms with Crippen LogP contribution in [0, 0.1) is 23.2 Å². The molecule has 1 N–H and O–H groups in total. The van der Waals surface area contributed by atoms with E-state index < -0.39 is 5.97 Å². The zero-order valence-electron chi connectivity index (χ0n) is 16.4. The van der Waals surface area contributed by atoms with E-state index in [2.05, 4.69) is 12.2 Å². The molecule has 1 aromatic heterocycles. The number of rotatable bonds is 8. The quantitative estimate of drug-likeness (QED) is 0.526. The summed E-state index contributed by atoms with van der Waals surface area (Å²) in [4.78, 5) is 36.8. The second kappa shape index (κ2) is 7.97. The van der Waals surface area contributed by atoms with Crippen LogP contribution in [0.2, 0.25) is 0 Å². The lowest BCUT2D eigenvalue weighted by Gasteiger charge is -2.59. The Morgan fingerprint density at radius 3 is 2.36 bits per heavy atom. The summed E-state index contributed by atoms with van der Waals surface area (Å²) in [6.45, 7) is 1.86. The Labute approximate surface area is 170 Å². The molecule has 0 aromatic carbocycles. The highest BCUT2D eigenvalue weighted by atomic mass is 32.1. The highest BCUT2D eigenvalue weighted by molar-refractivity contribution is 7.12. The van der Waals surface area contributed by atoms with E-state index in [9.17, 15) is 14.4 Å². The van der Waals surface area contributed by atoms with Crippen molar-refractivity contribution < 1.29 is 19.1 Å². The number of hydrogen-bond donors (Lipinski definition) is 1. The molecule has 0 aliphatic heterocycles. The summed E-state index contributed by atoms with van der Waals surface area (Å²) < 4.78 is 5.09. The summed E-state index contributed by atoms with van der Waals surface area (Å²) in [7, 11) is 0. The van der Waals surface area contributed by atoms with Gasteiger partial charge < -0.3 is 10.1 Å². The van der Waals surface area contributed by atoms with E-state index in [4.69, 9.17) is 4.74 Å². The first-order valence-corrected chi connectivity index (χ1v) is 11.3. The van der Waals surface area contributed by atoms with Gasteiger partial charge in [-0.3, -0.25) is 14.4 Å². The van der Waals surface area contributed by atoms with Gasteiger partial charge in [0.25, 0.3) is 5.91 Å². The third-order valence-electron chi connectivity index (χ3n) is 7.10. The third kappa shape index (κ3) is 4.17. The van der Waals surface area contributed by atoms with Crippen LogP contribution in [-0.4, -0.2) is 30.3 Å². The maximum atomic E-state index is 12.3. The van der Waals surface area contributed by atoms with E-state index in [1.165, 1.54) is 49.9 Å². The largest absolute Gasteiger partial charge is 0.456 e. The van der Waals surface area contributed by atoms with Gasteiger partial charge in [-0.25, -0.2) is 0 Å². The van der Waals surface area contributed by atoms with Gasteiger partial charge in [-0.05, 0) is 80.1 Å². The lowest BCUT2D eigenvalue weighted by Crippen LogP contribution is -2.56. The summed E-state index contributed by atoms with van der Waals surface area (Å²) >= 11 is 1.37. The molecule has 0 spiro atoms. The highest BCUT2D eigenvalue weighted by Gasteiger charge is 2.53. The zero-order valence-corrected chi connectivity index (χ0v) is 17.3. The molecule has 152 valence electrons. The van der Waals surface area contributed by atoms with Crippen molar-refractivity contribution in [1.82, 2.24) is 5.32 Å². The molecule has 0 saturated heterocycles. The molecule has 1 aromatic rings. The summed E-state index contributed by atoms with van der Waals surface area (Å²) in [5, 5.41) is 4.93. The molecule has 28 heavy (non-hydrogen) atoms. The van der Waals surface area contributed by atoms with E-state index in [0.717, 1.165) is 17.8 Å². The second-order valence-electron chi connectivity index (χ2n) is 9.13. The molecule has 4 bridgehead atoms. The zero-order chi connectivity index (χ0) is 19.7. The van der Waals surface area contributed by atoms with E-state index in [1.807, 2.05) is 11.4 Å².